The Labute approximate surface area is 112 Å². The second kappa shape index (κ2) is 5.40. The number of aryl methyl sites for hydroxylation is 1. The van der Waals surface area contributed by atoms with Gasteiger partial charge in [-0.2, -0.15) is 0 Å². The van der Waals surface area contributed by atoms with E-state index in [0.717, 1.165) is 5.56 Å². The Hall–Kier alpha value is -1.88. The summed E-state index contributed by atoms with van der Waals surface area (Å²) in [6.07, 6.45) is 1.40. The van der Waals surface area contributed by atoms with Gasteiger partial charge in [-0.25, -0.2) is 4.90 Å². The first-order valence-corrected chi connectivity index (χ1v) is 6.44. The van der Waals surface area contributed by atoms with E-state index >= 15 is 0 Å². The lowest BCUT2D eigenvalue weighted by molar-refractivity contribution is -0.129. The first-order valence-electron chi connectivity index (χ1n) is 6.44. The minimum atomic E-state index is -0.535. The fourth-order valence-corrected chi connectivity index (χ4v) is 2.32. The van der Waals surface area contributed by atoms with Crippen molar-refractivity contribution in [2.45, 2.75) is 26.2 Å². The highest BCUT2D eigenvalue weighted by Crippen LogP contribution is 2.31. The fourth-order valence-electron chi connectivity index (χ4n) is 2.32. The summed E-state index contributed by atoms with van der Waals surface area (Å²) < 4.78 is 0. The van der Waals surface area contributed by atoms with Crippen LogP contribution in [0.25, 0.3) is 0 Å². The number of imide groups is 1. The number of anilines is 2. The van der Waals surface area contributed by atoms with Crippen molar-refractivity contribution in [3.63, 3.8) is 0 Å². The van der Waals surface area contributed by atoms with Gasteiger partial charge >= 0.3 is 0 Å². The summed E-state index contributed by atoms with van der Waals surface area (Å²) >= 11 is 0. The first kappa shape index (κ1) is 13.5. The molecule has 1 aromatic rings. The summed E-state index contributed by atoms with van der Waals surface area (Å²) in [6.45, 7) is 1.57. The Morgan fingerprint density at radius 1 is 1.47 bits per heavy atom. The Kier molecular flexibility index (Phi) is 3.85. The molecule has 1 aromatic carbocycles. The number of hydrogen-bond acceptors (Lipinski definition) is 4. The second-order valence-corrected chi connectivity index (χ2v) is 4.74. The summed E-state index contributed by atoms with van der Waals surface area (Å²) in [5.74, 6) is -1.08. The van der Waals surface area contributed by atoms with E-state index in [4.69, 9.17) is 5.73 Å². The number of hydrogen-bond donors (Lipinski definition) is 2. The van der Waals surface area contributed by atoms with E-state index < -0.39 is 5.92 Å². The molecule has 5 nitrogen and oxygen atoms in total. The van der Waals surface area contributed by atoms with Crippen LogP contribution in [0.15, 0.2) is 18.2 Å². The van der Waals surface area contributed by atoms with Crippen molar-refractivity contribution < 1.29 is 14.7 Å². The van der Waals surface area contributed by atoms with E-state index in [1.54, 1.807) is 18.2 Å². The van der Waals surface area contributed by atoms with Crippen LogP contribution in [0.4, 0.5) is 11.4 Å². The van der Waals surface area contributed by atoms with Crippen molar-refractivity contribution >= 4 is 23.2 Å². The highest BCUT2D eigenvalue weighted by Gasteiger charge is 2.32. The number of aliphatic hydroxyl groups excluding tert-OH is 1. The predicted octanol–water partition coefficient (Wildman–Crippen LogP) is 1.09. The van der Waals surface area contributed by atoms with Crippen molar-refractivity contribution in [2.24, 2.45) is 5.92 Å². The molecule has 1 heterocycles. The minimum Gasteiger partial charge on any atom is -0.399 e. The first-order chi connectivity index (χ1) is 9.08. The number of nitrogens with zero attached hydrogens (tertiary/aromatic N) is 1. The molecule has 1 atom stereocenters. The average molecular weight is 262 g/mol. The van der Waals surface area contributed by atoms with Crippen LogP contribution in [-0.2, 0) is 16.0 Å². The Morgan fingerprint density at radius 3 is 2.84 bits per heavy atom. The summed E-state index contributed by atoms with van der Waals surface area (Å²) in [5, 5.41) is 9.23. The molecule has 19 heavy (non-hydrogen) atoms. The lowest BCUT2D eigenvalue weighted by atomic mass is 9.97. The van der Waals surface area contributed by atoms with Crippen LogP contribution in [0.1, 0.15) is 25.3 Å². The maximum absolute atomic E-state index is 12.3. The molecular weight excluding hydrogens is 244 g/mol. The molecule has 1 aliphatic heterocycles. The Balaban J connectivity index is 2.40. The zero-order valence-electron chi connectivity index (χ0n) is 10.9. The normalized spacial score (nSPS) is 16.1. The van der Waals surface area contributed by atoms with E-state index in [9.17, 15) is 14.7 Å². The molecule has 0 aliphatic carbocycles. The number of rotatable bonds is 3. The summed E-state index contributed by atoms with van der Waals surface area (Å²) in [4.78, 5) is 25.5. The summed E-state index contributed by atoms with van der Waals surface area (Å²) in [5.41, 5.74) is 7.84. The lowest BCUT2D eigenvalue weighted by Gasteiger charge is -2.30. The zero-order chi connectivity index (χ0) is 14.0. The molecule has 2 amide bonds. The van der Waals surface area contributed by atoms with E-state index in [1.165, 1.54) is 4.90 Å². The molecule has 0 saturated carbocycles. The average Bonchev–Trinajstić information content (AvgIpc) is 2.40. The highest BCUT2D eigenvalue weighted by atomic mass is 16.3. The Bertz CT molecular complexity index is 509. The number of carbonyl (C=O) groups is 2. The SMILES string of the molecule is CCC(CO)C(=O)N1C(=O)CCc2cc(N)ccc21. The van der Waals surface area contributed by atoms with Crippen molar-refractivity contribution in [1.82, 2.24) is 0 Å². The number of carbonyl (C=O) groups excluding carboxylic acids is 2. The summed E-state index contributed by atoms with van der Waals surface area (Å²) in [7, 11) is 0. The number of nitrogens with two attached hydrogens (primary N) is 1. The maximum atomic E-state index is 12.3. The van der Waals surface area contributed by atoms with Crippen LogP contribution >= 0.6 is 0 Å². The highest BCUT2D eigenvalue weighted by molar-refractivity contribution is 6.17. The van der Waals surface area contributed by atoms with Crippen LogP contribution in [0.5, 0.6) is 0 Å². The molecule has 0 saturated heterocycles. The standard InChI is InChI=1S/C14H18N2O3/c1-2-9(8-17)14(19)16-12-5-4-11(15)7-10(12)3-6-13(16)18/h4-5,7,9,17H,2-3,6,8,15H2,1H3. The monoisotopic (exact) mass is 262 g/mol. The predicted molar refractivity (Wildman–Crippen MR) is 72.5 cm³/mol. The number of nitrogen functional groups attached to an aromatic ring is 1. The van der Waals surface area contributed by atoms with Gasteiger partial charge in [-0.1, -0.05) is 6.92 Å². The molecule has 5 heteroatoms. The lowest BCUT2D eigenvalue weighted by Crippen LogP contribution is -2.44. The number of benzene rings is 1. The van der Waals surface area contributed by atoms with Crippen LogP contribution in [-0.4, -0.2) is 23.5 Å². The molecular formula is C14H18N2O3. The molecule has 0 spiro atoms. The Morgan fingerprint density at radius 2 is 2.21 bits per heavy atom. The van der Waals surface area contributed by atoms with Gasteiger partial charge in [-0.3, -0.25) is 9.59 Å². The zero-order valence-corrected chi connectivity index (χ0v) is 10.9. The van der Waals surface area contributed by atoms with Crippen molar-refractivity contribution in [2.75, 3.05) is 17.2 Å². The van der Waals surface area contributed by atoms with Gasteiger partial charge in [0.1, 0.15) is 0 Å². The van der Waals surface area contributed by atoms with Gasteiger partial charge < -0.3 is 10.8 Å². The molecule has 0 bridgehead atoms. The van der Waals surface area contributed by atoms with E-state index in [1.807, 2.05) is 6.92 Å². The van der Waals surface area contributed by atoms with Crippen molar-refractivity contribution in [1.29, 1.82) is 0 Å². The van der Waals surface area contributed by atoms with E-state index in [0.29, 0.717) is 30.6 Å². The quantitative estimate of drug-likeness (QED) is 0.799. The molecule has 2 rings (SSSR count). The molecule has 1 unspecified atom stereocenters. The number of aliphatic hydroxyl groups is 1. The van der Waals surface area contributed by atoms with Gasteiger partial charge in [0.25, 0.3) is 0 Å². The fraction of sp³-hybridized carbons (Fsp3) is 0.429. The van der Waals surface area contributed by atoms with Gasteiger partial charge in [0.2, 0.25) is 11.8 Å². The van der Waals surface area contributed by atoms with Crippen molar-refractivity contribution in [3.05, 3.63) is 23.8 Å². The molecule has 0 aromatic heterocycles. The van der Waals surface area contributed by atoms with Gasteiger partial charge in [-0.05, 0) is 36.6 Å². The van der Waals surface area contributed by atoms with E-state index in [2.05, 4.69) is 0 Å². The third kappa shape index (κ3) is 2.46. The number of fused-ring (bicyclic) bond motifs is 1. The summed E-state index contributed by atoms with van der Waals surface area (Å²) in [6, 6.07) is 5.17. The molecule has 102 valence electrons. The van der Waals surface area contributed by atoms with Crippen LogP contribution in [0.2, 0.25) is 0 Å². The van der Waals surface area contributed by atoms with Crippen LogP contribution < -0.4 is 10.6 Å². The molecule has 3 N–H and O–H groups in total. The van der Waals surface area contributed by atoms with E-state index in [-0.39, 0.29) is 18.4 Å². The van der Waals surface area contributed by atoms with Gasteiger partial charge in [-0.15, -0.1) is 0 Å². The number of amides is 2. The third-order valence-corrected chi connectivity index (χ3v) is 3.48. The van der Waals surface area contributed by atoms with Crippen LogP contribution in [0, 0.1) is 5.92 Å². The van der Waals surface area contributed by atoms with Crippen LogP contribution in [0.3, 0.4) is 0 Å². The second-order valence-electron chi connectivity index (χ2n) is 4.74. The van der Waals surface area contributed by atoms with Gasteiger partial charge in [0, 0.05) is 12.1 Å². The third-order valence-electron chi connectivity index (χ3n) is 3.48. The van der Waals surface area contributed by atoms with Gasteiger partial charge in [0.15, 0.2) is 0 Å². The molecule has 0 fully saturated rings. The van der Waals surface area contributed by atoms with Crippen molar-refractivity contribution in [3.8, 4) is 0 Å². The van der Waals surface area contributed by atoms with Gasteiger partial charge in [0.05, 0.1) is 18.2 Å². The smallest absolute Gasteiger partial charge is 0.239 e. The molecule has 0 radical (unpaired) electrons. The minimum absolute atomic E-state index is 0.214. The largest absolute Gasteiger partial charge is 0.399 e. The molecule has 1 aliphatic rings. The topological polar surface area (TPSA) is 83.6 Å². The maximum Gasteiger partial charge on any atom is 0.239 e.